The van der Waals surface area contributed by atoms with Gasteiger partial charge in [-0.05, 0) is 37.9 Å². The van der Waals surface area contributed by atoms with E-state index >= 15 is 0 Å². The molecule has 0 spiro atoms. The number of carbonyl (C=O) groups excluding carboxylic acids is 2. The summed E-state index contributed by atoms with van der Waals surface area (Å²) in [5.41, 5.74) is 1.72. The molecule has 0 atom stereocenters. The van der Waals surface area contributed by atoms with Crippen molar-refractivity contribution in [3.8, 4) is 5.75 Å². The summed E-state index contributed by atoms with van der Waals surface area (Å²) >= 11 is 0. The maximum atomic E-state index is 13.9. The normalized spacial score (nSPS) is 14.3. The number of hydrogen-bond donors (Lipinski definition) is 2. The SMILES string of the molecule is COc1c(C(=O)NCC2CCNCC2)n(C)c2c1c(=O)n(CC(=O)c1ccccc1)c1ccccc21. The first-order chi connectivity index (χ1) is 17.5. The highest BCUT2D eigenvalue weighted by atomic mass is 16.5. The fourth-order valence-electron chi connectivity index (χ4n) is 5.20. The predicted octanol–water partition coefficient (Wildman–Crippen LogP) is 3.11. The minimum atomic E-state index is -0.363. The number of aryl methyl sites for hydroxylation is 1. The minimum absolute atomic E-state index is 0.116. The number of Topliss-reactive ketones (excluding diaryl/α,β-unsaturated/α-hetero) is 1. The first-order valence-corrected chi connectivity index (χ1v) is 12.3. The van der Waals surface area contributed by atoms with Crippen molar-refractivity contribution in [3.05, 3.63) is 76.2 Å². The number of hydrogen-bond acceptors (Lipinski definition) is 5. The molecule has 2 aromatic heterocycles. The van der Waals surface area contributed by atoms with Crippen LogP contribution in [0.2, 0.25) is 0 Å². The number of aromatic nitrogens is 2. The van der Waals surface area contributed by atoms with Gasteiger partial charge in [-0.25, -0.2) is 0 Å². The molecule has 2 N–H and O–H groups in total. The Bertz CT molecular complexity index is 1500. The second-order valence-corrected chi connectivity index (χ2v) is 9.27. The molecule has 36 heavy (non-hydrogen) atoms. The second kappa shape index (κ2) is 9.99. The first kappa shape index (κ1) is 23.8. The van der Waals surface area contributed by atoms with Crippen molar-refractivity contribution >= 4 is 33.5 Å². The topological polar surface area (TPSA) is 94.4 Å². The number of pyridine rings is 1. The number of carbonyl (C=O) groups is 2. The zero-order valence-electron chi connectivity index (χ0n) is 20.5. The Kier molecular flexibility index (Phi) is 6.61. The number of benzene rings is 2. The van der Waals surface area contributed by atoms with Crippen LogP contribution in [0.3, 0.4) is 0 Å². The Hall–Kier alpha value is -3.91. The van der Waals surface area contributed by atoms with Crippen molar-refractivity contribution in [2.75, 3.05) is 26.7 Å². The molecule has 3 heterocycles. The molecule has 8 nitrogen and oxygen atoms in total. The standard InChI is InChI=1S/C28H30N4O4/c1-31-24-20-10-6-7-11-21(20)32(17-22(33)19-8-4-3-5-9-19)28(35)23(24)26(36-2)25(31)27(34)30-16-18-12-14-29-15-13-18/h3-11,18,29H,12-17H2,1-2H3,(H,30,34). The van der Waals surface area contributed by atoms with E-state index in [-0.39, 0.29) is 29.5 Å². The quantitative estimate of drug-likeness (QED) is 0.392. The Balaban J connectivity index is 1.62. The van der Waals surface area contributed by atoms with E-state index in [1.807, 2.05) is 30.3 Å². The van der Waals surface area contributed by atoms with Gasteiger partial charge in [0.25, 0.3) is 11.5 Å². The van der Waals surface area contributed by atoms with Crippen molar-refractivity contribution in [1.29, 1.82) is 0 Å². The molecule has 1 fully saturated rings. The molecule has 0 bridgehead atoms. The molecule has 8 heteroatoms. The van der Waals surface area contributed by atoms with Crippen molar-refractivity contribution < 1.29 is 14.3 Å². The van der Waals surface area contributed by atoms with Gasteiger partial charge in [-0.2, -0.15) is 0 Å². The minimum Gasteiger partial charge on any atom is -0.493 e. The Labute approximate surface area is 208 Å². The van der Waals surface area contributed by atoms with E-state index in [1.165, 1.54) is 11.7 Å². The molecule has 0 saturated carbocycles. The number of para-hydroxylation sites is 1. The van der Waals surface area contributed by atoms with E-state index < -0.39 is 0 Å². The van der Waals surface area contributed by atoms with Crippen molar-refractivity contribution in [2.24, 2.45) is 13.0 Å². The third-order valence-corrected chi connectivity index (χ3v) is 7.09. The number of nitrogens with one attached hydrogen (secondary N) is 2. The number of amides is 1. The van der Waals surface area contributed by atoms with Crippen LogP contribution >= 0.6 is 0 Å². The molecule has 1 amide bonds. The van der Waals surface area contributed by atoms with E-state index in [4.69, 9.17) is 4.74 Å². The zero-order valence-corrected chi connectivity index (χ0v) is 20.5. The Morgan fingerprint density at radius 1 is 1.06 bits per heavy atom. The summed E-state index contributed by atoms with van der Waals surface area (Å²) < 4.78 is 8.89. The van der Waals surface area contributed by atoms with Gasteiger partial charge < -0.3 is 19.9 Å². The fraction of sp³-hybridized carbons (Fsp3) is 0.321. The average molecular weight is 487 g/mol. The lowest BCUT2D eigenvalue weighted by Crippen LogP contribution is -2.36. The summed E-state index contributed by atoms with van der Waals surface area (Å²) in [4.78, 5) is 40.3. The largest absolute Gasteiger partial charge is 0.493 e. The van der Waals surface area contributed by atoms with Gasteiger partial charge in [-0.1, -0.05) is 48.5 Å². The molecule has 0 radical (unpaired) electrons. The first-order valence-electron chi connectivity index (χ1n) is 12.3. The van der Waals surface area contributed by atoms with Gasteiger partial charge in [0.1, 0.15) is 5.39 Å². The predicted molar refractivity (Wildman–Crippen MR) is 140 cm³/mol. The number of rotatable bonds is 7. The maximum Gasteiger partial charge on any atom is 0.271 e. The third-order valence-electron chi connectivity index (χ3n) is 7.09. The van der Waals surface area contributed by atoms with Crippen molar-refractivity contribution in [3.63, 3.8) is 0 Å². The highest BCUT2D eigenvalue weighted by molar-refractivity contribution is 6.12. The van der Waals surface area contributed by atoms with Crippen LogP contribution in [-0.4, -0.2) is 47.6 Å². The Morgan fingerprint density at radius 2 is 1.75 bits per heavy atom. The van der Waals surface area contributed by atoms with Gasteiger partial charge in [0.05, 0.1) is 24.7 Å². The number of ketones is 1. The molecule has 1 aliphatic rings. The smallest absolute Gasteiger partial charge is 0.271 e. The van der Waals surface area contributed by atoms with Crippen LogP contribution in [0.4, 0.5) is 0 Å². The number of fused-ring (bicyclic) bond motifs is 3. The summed E-state index contributed by atoms with van der Waals surface area (Å²) in [5, 5.41) is 7.45. The molecule has 0 unspecified atom stereocenters. The highest BCUT2D eigenvalue weighted by Gasteiger charge is 2.28. The summed E-state index contributed by atoms with van der Waals surface area (Å²) in [6.07, 6.45) is 2.02. The lowest BCUT2D eigenvalue weighted by molar-refractivity contribution is 0.0931. The van der Waals surface area contributed by atoms with E-state index in [2.05, 4.69) is 10.6 Å². The van der Waals surface area contributed by atoms with Crippen LogP contribution in [0.25, 0.3) is 21.8 Å². The van der Waals surface area contributed by atoms with Crippen LogP contribution in [-0.2, 0) is 13.6 Å². The van der Waals surface area contributed by atoms with Crippen molar-refractivity contribution in [1.82, 2.24) is 19.8 Å². The molecule has 5 rings (SSSR count). The number of ether oxygens (including phenoxy) is 1. The lowest BCUT2D eigenvalue weighted by Gasteiger charge is -2.22. The van der Waals surface area contributed by atoms with Crippen LogP contribution in [0.5, 0.6) is 5.75 Å². The Morgan fingerprint density at radius 3 is 2.47 bits per heavy atom. The van der Waals surface area contributed by atoms with E-state index in [1.54, 1.807) is 35.9 Å². The monoisotopic (exact) mass is 486 g/mol. The lowest BCUT2D eigenvalue weighted by atomic mass is 9.98. The van der Waals surface area contributed by atoms with E-state index in [0.717, 1.165) is 31.3 Å². The van der Waals surface area contributed by atoms with Crippen molar-refractivity contribution in [2.45, 2.75) is 19.4 Å². The van der Waals surface area contributed by atoms with Gasteiger partial charge in [0, 0.05) is 24.5 Å². The second-order valence-electron chi connectivity index (χ2n) is 9.27. The fourth-order valence-corrected chi connectivity index (χ4v) is 5.20. The van der Waals surface area contributed by atoms with Crippen LogP contribution in [0.15, 0.2) is 59.4 Å². The van der Waals surface area contributed by atoms with Gasteiger partial charge in [-0.3, -0.25) is 19.0 Å². The number of methoxy groups -OCH3 is 1. The summed E-state index contributed by atoms with van der Waals surface area (Å²) in [6, 6.07) is 16.4. The van der Waals surface area contributed by atoms with E-state index in [0.29, 0.717) is 40.1 Å². The van der Waals surface area contributed by atoms with Gasteiger partial charge in [0.15, 0.2) is 17.2 Å². The third kappa shape index (κ3) is 4.18. The van der Waals surface area contributed by atoms with Gasteiger partial charge in [0.2, 0.25) is 0 Å². The van der Waals surface area contributed by atoms with Gasteiger partial charge in [-0.15, -0.1) is 0 Å². The van der Waals surface area contributed by atoms with Crippen LogP contribution in [0, 0.1) is 5.92 Å². The molecule has 1 aliphatic heterocycles. The molecule has 1 saturated heterocycles. The average Bonchev–Trinajstić information content (AvgIpc) is 3.23. The van der Waals surface area contributed by atoms with Crippen LogP contribution < -0.4 is 20.9 Å². The molecule has 4 aromatic rings. The molecule has 2 aromatic carbocycles. The van der Waals surface area contributed by atoms with Crippen LogP contribution in [0.1, 0.15) is 33.7 Å². The molecular formula is C28H30N4O4. The zero-order chi connectivity index (χ0) is 25.2. The number of nitrogens with zero attached hydrogens (tertiary/aromatic N) is 2. The number of piperidine rings is 1. The highest BCUT2D eigenvalue weighted by Crippen LogP contribution is 2.34. The van der Waals surface area contributed by atoms with Gasteiger partial charge >= 0.3 is 0 Å². The molecular weight excluding hydrogens is 456 g/mol. The summed E-state index contributed by atoms with van der Waals surface area (Å²) in [5.74, 6) is 0.196. The summed E-state index contributed by atoms with van der Waals surface area (Å²) in [7, 11) is 3.24. The molecule has 186 valence electrons. The summed E-state index contributed by atoms with van der Waals surface area (Å²) in [6.45, 7) is 2.35. The maximum absolute atomic E-state index is 13.9. The molecule has 0 aliphatic carbocycles. The van der Waals surface area contributed by atoms with E-state index in [9.17, 15) is 14.4 Å².